The molecule has 0 aromatic heterocycles. The minimum Gasteiger partial charge on any atom is -0.388 e. The first kappa shape index (κ1) is 37.0. The van der Waals surface area contributed by atoms with Gasteiger partial charge in [-0.05, 0) is 30.7 Å². The van der Waals surface area contributed by atoms with Gasteiger partial charge in [0, 0.05) is 31.5 Å². The van der Waals surface area contributed by atoms with E-state index in [0.717, 1.165) is 31.4 Å². The summed E-state index contributed by atoms with van der Waals surface area (Å²) in [5, 5.41) is 31.0. The van der Waals surface area contributed by atoms with Gasteiger partial charge in [0.25, 0.3) is 0 Å². The van der Waals surface area contributed by atoms with Gasteiger partial charge in [-0.25, -0.2) is 0 Å². The summed E-state index contributed by atoms with van der Waals surface area (Å²) in [7, 11) is 1.38. The van der Waals surface area contributed by atoms with Gasteiger partial charge >= 0.3 is 0 Å². The van der Waals surface area contributed by atoms with E-state index in [4.69, 9.17) is 9.47 Å². The maximum Gasteiger partial charge on any atom is 0.222 e. The van der Waals surface area contributed by atoms with E-state index < -0.39 is 30.7 Å². The zero-order valence-electron chi connectivity index (χ0n) is 26.3. The molecule has 7 nitrogen and oxygen atoms in total. The Morgan fingerprint density at radius 2 is 1.33 bits per heavy atom. The van der Waals surface area contributed by atoms with Crippen LogP contribution in [0.5, 0.6) is 0 Å². The summed E-state index contributed by atoms with van der Waals surface area (Å²) in [6, 6.07) is 10.2. The quantitative estimate of drug-likeness (QED) is 0.0885. The number of nitrogens with zero attached hydrogens (tertiary/aromatic N) is 1. The first-order chi connectivity index (χ1) is 20.5. The summed E-state index contributed by atoms with van der Waals surface area (Å²) >= 11 is 1.75. The van der Waals surface area contributed by atoms with E-state index in [-0.39, 0.29) is 12.5 Å². The van der Waals surface area contributed by atoms with E-state index in [9.17, 15) is 20.1 Å². The molecule has 1 aliphatic heterocycles. The molecule has 2 rings (SSSR count). The van der Waals surface area contributed by atoms with Crippen molar-refractivity contribution in [2.24, 2.45) is 0 Å². The maximum absolute atomic E-state index is 13.3. The van der Waals surface area contributed by atoms with Gasteiger partial charge in [0.2, 0.25) is 5.91 Å². The first-order valence-corrected chi connectivity index (χ1v) is 17.6. The van der Waals surface area contributed by atoms with Crippen LogP contribution in [0.1, 0.15) is 116 Å². The highest BCUT2D eigenvalue weighted by Crippen LogP contribution is 2.24. The van der Waals surface area contributed by atoms with Crippen molar-refractivity contribution in [1.82, 2.24) is 4.90 Å². The molecule has 0 bridgehead atoms. The lowest BCUT2D eigenvalue weighted by atomic mass is 9.98. The number of hydrogen-bond donors (Lipinski definition) is 3. The second kappa shape index (κ2) is 23.3. The highest BCUT2D eigenvalue weighted by molar-refractivity contribution is 7.99. The van der Waals surface area contributed by atoms with Crippen molar-refractivity contribution in [2.45, 2.75) is 152 Å². The van der Waals surface area contributed by atoms with E-state index in [1.54, 1.807) is 16.7 Å². The normalized spacial score (nSPS) is 22.4. The highest BCUT2D eigenvalue weighted by Gasteiger charge is 2.44. The Bertz CT molecular complexity index is 797. The van der Waals surface area contributed by atoms with Gasteiger partial charge in [-0.3, -0.25) is 4.79 Å². The van der Waals surface area contributed by atoms with Crippen LogP contribution in [-0.2, 0) is 14.3 Å². The third-order valence-electron chi connectivity index (χ3n) is 8.23. The Hall–Kier alpha value is -1.16. The predicted octanol–water partition coefficient (Wildman–Crippen LogP) is 6.71. The van der Waals surface area contributed by atoms with E-state index in [0.29, 0.717) is 13.0 Å². The lowest BCUT2D eigenvalue weighted by Gasteiger charge is -2.41. The molecule has 1 fully saturated rings. The Morgan fingerprint density at radius 1 is 0.786 bits per heavy atom. The fraction of sp³-hybridized carbons (Fsp3) is 0.794. The minimum absolute atomic E-state index is 0.0415. The van der Waals surface area contributed by atoms with Gasteiger partial charge in [-0.1, -0.05) is 115 Å². The second-order valence-corrected chi connectivity index (χ2v) is 13.0. The fourth-order valence-corrected chi connectivity index (χ4v) is 6.42. The molecule has 8 heteroatoms. The molecule has 0 spiro atoms. The number of amides is 1. The summed E-state index contributed by atoms with van der Waals surface area (Å²) in [6.07, 6.45) is 14.6. The minimum atomic E-state index is -1.39. The molecule has 1 aliphatic rings. The Labute approximate surface area is 259 Å². The predicted molar refractivity (Wildman–Crippen MR) is 172 cm³/mol. The zero-order chi connectivity index (χ0) is 30.4. The molecule has 1 heterocycles. The second-order valence-electron chi connectivity index (χ2n) is 11.8. The lowest BCUT2D eigenvalue weighted by Crippen LogP contribution is -2.60. The molecule has 242 valence electrons. The molecule has 0 saturated carbocycles. The summed E-state index contributed by atoms with van der Waals surface area (Å²) < 4.78 is 10.9. The van der Waals surface area contributed by atoms with Crippen LogP contribution in [0, 0.1) is 0 Å². The smallest absolute Gasteiger partial charge is 0.222 e. The van der Waals surface area contributed by atoms with Crippen LogP contribution in [-0.4, -0.2) is 82.8 Å². The number of methoxy groups -OCH3 is 1. The molecule has 5 atom stereocenters. The van der Waals surface area contributed by atoms with Gasteiger partial charge in [-0.2, -0.15) is 0 Å². The van der Waals surface area contributed by atoms with E-state index in [1.165, 1.54) is 89.1 Å². The summed E-state index contributed by atoms with van der Waals surface area (Å²) in [5.74, 6) is 0.905. The number of carbonyl (C=O) groups excluding carboxylic acids is 1. The molecule has 0 unspecified atom stereocenters. The van der Waals surface area contributed by atoms with Crippen LogP contribution < -0.4 is 0 Å². The number of hydrogen-bond acceptors (Lipinski definition) is 7. The molecular weight excluding hydrogens is 550 g/mol. The van der Waals surface area contributed by atoms with Crippen LogP contribution >= 0.6 is 11.8 Å². The number of rotatable bonds is 24. The summed E-state index contributed by atoms with van der Waals surface area (Å²) in [4.78, 5) is 16.2. The monoisotopic (exact) mass is 609 g/mol. The Morgan fingerprint density at radius 3 is 1.88 bits per heavy atom. The maximum atomic E-state index is 13.3. The number of carbonyl (C=O) groups is 1. The lowest BCUT2D eigenvalue weighted by molar-refractivity contribution is -0.291. The highest BCUT2D eigenvalue weighted by atomic mass is 32.2. The summed E-state index contributed by atoms with van der Waals surface area (Å²) in [6.45, 7) is 2.96. The molecular formula is C34H59NO6S. The first-order valence-electron chi connectivity index (χ1n) is 16.7. The molecule has 1 amide bonds. The van der Waals surface area contributed by atoms with Gasteiger partial charge in [-0.15, -0.1) is 11.8 Å². The van der Waals surface area contributed by atoms with Crippen molar-refractivity contribution in [3.05, 3.63) is 30.3 Å². The van der Waals surface area contributed by atoms with Crippen LogP contribution in [0.25, 0.3) is 0 Å². The van der Waals surface area contributed by atoms with Crippen molar-refractivity contribution in [1.29, 1.82) is 0 Å². The van der Waals surface area contributed by atoms with Crippen molar-refractivity contribution in [3.63, 3.8) is 0 Å². The molecule has 0 radical (unpaired) electrons. The largest absolute Gasteiger partial charge is 0.388 e. The summed E-state index contributed by atoms with van der Waals surface area (Å²) in [5.41, 5.74) is 0. The van der Waals surface area contributed by atoms with Gasteiger partial charge in [0.15, 0.2) is 6.29 Å². The molecule has 3 N–H and O–H groups in total. The van der Waals surface area contributed by atoms with Crippen LogP contribution in [0.15, 0.2) is 35.2 Å². The van der Waals surface area contributed by atoms with Crippen molar-refractivity contribution in [2.75, 3.05) is 26.0 Å². The number of benzene rings is 1. The van der Waals surface area contributed by atoms with Crippen molar-refractivity contribution in [3.8, 4) is 0 Å². The van der Waals surface area contributed by atoms with Gasteiger partial charge < -0.3 is 29.7 Å². The average Bonchev–Trinajstić information content (AvgIpc) is 3.01. The Kier molecular flexibility index (Phi) is 20.5. The van der Waals surface area contributed by atoms with E-state index in [2.05, 4.69) is 19.1 Å². The van der Waals surface area contributed by atoms with E-state index in [1.807, 2.05) is 18.2 Å². The van der Waals surface area contributed by atoms with Crippen LogP contribution in [0.4, 0.5) is 0 Å². The van der Waals surface area contributed by atoms with Crippen LogP contribution in [0.3, 0.4) is 0 Å². The third kappa shape index (κ3) is 15.0. The molecule has 1 aromatic rings. The van der Waals surface area contributed by atoms with Gasteiger partial charge in [0.1, 0.15) is 24.4 Å². The topological polar surface area (TPSA) is 99.5 Å². The molecule has 42 heavy (non-hydrogen) atoms. The zero-order valence-corrected chi connectivity index (χ0v) is 27.2. The van der Waals surface area contributed by atoms with E-state index >= 15 is 0 Å². The van der Waals surface area contributed by atoms with Crippen molar-refractivity contribution >= 4 is 17.7 Å². The van der Waals surface area contributed by atoms with Crippen molar-refractivity contribution < 1.29 is 29.6 Å². The van der Waals surface area contributed by atoms with Crippen LogP contribution in [0.2, 0.25) is 0 Å². The molecule has 1 saturated heterocycles. The average molecular weight is 610 g/mol. The number of ether oxygens (including phenoxy) is 2. The number of aliphatic hydroxyl groups is 3. The molecule has 1 aromatic carbocycles. The number of thioether (sulfide) groups is 1. The van der Waals surface area contributed by atoms with Gasteiger partial charge in [0.05, 0.1) is 0 Å². The number of aliphatic hydroxyl groups excluding tert-OH is 3. The SMILES string of the molecule is CCCCCCCCCCCCCCCCCC(=O)N(CCCSc1ccccc1)C[C@H]1O[C@H](OC)[C@H](O)[C@@H](O)[C@@H]1O. The standard InChI is InChI=1S/C34H59NO6S/c1-3-4-5-6-7-8-9-10-11-12-13-14-15-16-20-24-30(36)35(25-21-26-42-28-22-18-17-19-23-28)27-29-31(37)32(38)33(39)34(40-2)41-29/h17-19,22-23,29,31-34,37-39H,3-16,20-21,24-27H2,1-2H3/t29-,31-,32+,33-,34+/m1/s1. The fourth-order valence-electron chi connectivity index (χ4n) is 5.57. The third-order valence-corrected chi connectivity index (χ3v) is 9.33. The number of unbranched alkanes of at least 4 members (excludes halogenated alkanes) is 14. The Balaban J connectivity index is 1.68. The molecule has 0 aliphatic carbocycles.